The predicted molar refractivity (Wildman–Crippen MR) is 168 cm³/mol. The molecule has 6 aromatic rings. The molecule has 0 unspecified atom stereocenters. The molecule has 6 aromatic heterocycles. The normalized spacial score (nSPS) is 9.41. The second-order valence-electron chi connectivity index (χ2n) is 8.84. The molecule has 8 nitrogen and oxygen atoms in total. The topological polar surface area (TPSA) is 120 Å². The zero-order valence-electron chi connectivity index (χ0n) is 23.9. The molecule has 0 fully saturated rings. The van der Waals surface area contributed by atoms with Crippen LogP contribution < -0.4 is 5.73 Å². The molecular formula is C35H29N7OOs. The Balaban J connectivity index is 0.000000185. The molecule has 2 N–H and O–H groups in total. The van der Waals surface area contributed by atoms with E-state index >= 15 is 0 Å². The summed E-state index contributed by atoms with van der Waals surface area (Å²) in [6.45, 7) is 2.15. The summed E-state index contributed by atoms with van der Waals surface area (Å²) in [6.07, 6.45) is 10.4. The number of aryl methyl sites for hydroxylation is 1. The Bertz CT molecular complexity index is 1630. The molecule has 0 aliphatic carbocycles. The fraction of sp³-hybridized carbons (Fsp3) is 0.0571. The van der Waals surface area contributed by atoms with Crippen molar-refractivity contribution in [2.45, 2.75) is 6.92 Å². The quantitative estimate of drug-likeness (QED) is 0.135. The van der Waals surface area contributed by atoms with E-state index in [4.69, 9.17) is 5.73 Å². The Morgan fingerprint density at radius 3 is 1.36 bits per heavy atom. The molecule has 44 heavy (non-hydrogen) atoms. The maximum absolute atomic E-state index is 11.8. The molecule has 0 spiro atoms. The summed E-state index contributed by atoms with van der Waals surface area (Å²) in [7, 11) is 0. The second kappa shape index (κ2) is 18.3. The number of aromatic nitrogens is 6. The molecule has 9 heteroatoms. The molecule has 218 valence electrons. The van der Waals surface area contributed by atoms with Crippen LogP contribution >= 0.6 is 0 Å². The van der Waals surface area contributed by atoms with Crippen molar-refractivity contribution in [2.75, 3.05) is 6.54 Å². The Labute approximate surface area is 270 Å². The molecule has 0 bridgehead atoms. The fourth-order valence-electron chi connectivity index (χ4n) is 3.65. The van der Waals surface area contributed by atoms with E-state index in [-0.39, 0.29) is 32.1 Å². The monoisotopic (exact) mass is 755 g/mol. The van der Waals surface area contributed by atoms with Gasteiger partial charge < -0.3 is 5.73 Å². The summed E-state index contributed by atoms with van der Waals surface area (Å²) in [6, 6.07) is 30.3. The fourth-order valence-corrected chi connectivity index (χ4v) is 3.65. The van der Waals surface area contributed by atoms with Crippen LogP contribution in [0.2, 0.25) is 0 Å². The number of hydrogen-bond acceptors (Lipinski definition) is 8. The smallest absolute Gasteiger partial charge is 0.236 e. The predicted octanol–water partition coefficient (Wildman–Crippen LogP) is 5.88. The number of pyridine rings is 6. The van der Waals surface area contributed by atoms with Gasteiger partial charge in [-0.1, -0.05) is 30.2 Å². The van der Waals surface area contributed by atoms with Gasteiger partial charge in [-0.05, 0) is 91.2 Å². The first-order valence-electron chi connectivity index (χ1n) is 13.4. The third-order valence-electron chi connectivity index (χ3n) is 5.69. The number of rotatable bonds is 4. The van der Waals surface area contributed by atoms with Crippen LogP contribution in [-0.4, -0.2) is 42.2 Å². The SMILES string of the molecule is Cc1ccnc(-c2cc(C(=O)C#CCN)ccn2)c1.[Os].c1ccc(-c2ccccn2)nc1.c1ccc(-c2ccccn2)nc1. The van der Waals surface area contributed by atoms with Gasteiger partial charge in [-0.15, -0.1) is 0 Å². The van der Waals surface area contributed by atoms with Crippen LogP contribution in [0, 0.1) is 18.8 Å². The summed E-state index contributed by atoms with van der Waals surface area (Å²) in [5, 5.41) is 0. The number of carbonyl (C=O) groups is 1. The number of carbonyl (C=O) groups excluding carboxylic acids is 1. The van der Waals surface area contributed by atoms with Gasteiger partial charge in [0, 0.05) is 62.5 Å². The Morgan fingerprint density at radius 1 is 0.568 bits per heavy atom. The Hall–Kier alpha value is -5.27. The molecule has 0 aliphatic rings. The molecule has 0 atom stereocenters. The Kier molecular flexibility index (Phi) is 13.8. The van der Waals surface area contributed by atoms with Crippen LogP contribution in [0.3, 0.4) is 0 Å². The van der Waals surface area contributed by atoms with Crippen LogP contribution in [0.1, 0.15) is 15.9 Å². The summed E-state index contributed by atoms with van der Waals surface area (Å²) in [5.74, 6) is 4.77. The van der Waals surface area contributed by atoms with Crippen LogP contribution in [0.4, 0.5) is 0 Å². The third kappa shape index (κ3) is 10.5. The minimum absolute atomic E-state index is 0. The molecular weight excluding hydrogens is 725 g/mol. The van der Waals surface area contributed by atoms with E-state index in [1.807, 2.05) is 91.9 Å². The van der Waals surface area contributed by atoms with Gasteiger partial charge in [0.1, 0.15) is 0 Å². The number of Topliss-reactive ketones (excluding diaryl/α,β-unsaturated/α-hetero) is 1. The van der Waals surface area contributed by atoms with Crippen molar-refractivity contribution in [2.24, 2.45) is 5.73 Å². The van der Waals surface area contributed by atoms with Crippen LogP contribution in [0.5, 0.6) is 0 Å². The molecule has 0 amide bonds. The van der Waals surface area contributed by atoms with Gasteiger partial charge in [-0.2, -0.15) is 0 Å². The molecule has 0 radical (unpaired) electrons. The molecule has 0 saturated carbocycles. The van der Waals surface area contributed by atoms with Gasteiger partial charge in [0.2, 0.25) is 5.78 Å². The number of hydrogen-bond donors (Lipinski definition) is 1. The van der Waals surface area contributed by atoms with E-state index in [2.05, 4.69) is 41.7 Å². The van der Waals surface area contributed by atoms with Crippen LogP contribution in [0.25, 0.3) is 34.2 Å². The van der Waals surface area contributed by atoms with Crippen LogP contribution in [-0.2, 0) is 19.8 Å². The molecule has 6 heterocycles. The zero-order chi connectivity index (χ0) is 30.1. The van der Waals surface area contributed by atoms with Crippen molar-refractivity contribution in [3.63, 3.8) is 0 Å². The molecule has 0 aromatic carbocycles. The van der Waals surface area contributed by atoms with E-state index in [9.17, 15) is 4.79 Å². The average Bonchev–Trinajstić information content (AvgIpc) is 3.09. The van der Waals surface area contributed by atoms with Gasteiger partial charge in [0.05, 0.1) is 40.7 Å². The van der Waals surface area contributed by atoms with Crippen molar-refractivity contribution < 1.29 is 24.6 Å². The minimum Gasteiger partial charge on any atom is -0.320 e. The summed E-state index contributed by atoms with van der Waals surface area (Å²) in [4.78, 5) is 37.0. The van der Waals surface area contributed by atoms with Crippen molar-refractivity contribution in [3.8, 4) is 46.0 Å². The molecule has 0 saturated heterocycles. The third-order valence-corrected chi connectivity index (χ3v) is 5.69. The van der Waals surface area contributed by atoms with Gasteiger partial charge in [0.15, 0.2) is 0 Å². The first-order chi connectivity index (χ1) is 21.1. The van der Waals surface area contributed by atoms with E-state index in [1.165, 1.54) is 0 Å². The second-order valence-corrected chi connectivity index (χ2v) is 8.84. The minimum atomic E-state index is -0.262. The molecule has 0 aliphatic heterocycles. The zero-order valence-corrected chi connectivity index (χ0v) is 26.5. The van der Waals surface area contributed by atoms with Gasteiger partial charge in [-0.25, -0.2) is 0 Å². The van der Waals surface area contributed by atoms with Crippen molar-refractivity contribution in [3.05, 3.63) is 145 Å². The summed E-state index contributed by atoms with van der Waals surface area (Å²) in [5.41, 5.74) is 11.9. The van der Waals surface area contributed by atoms with E-state index < -0.39 is 0 Å². The average molecular weight is 754 g/mol. The number of ketones is 1. The van der Waals surface area contributed by atoms with Crippen molar-refractivity contribution in [1.29, 1.82) is 0 Å². The van der Waals surface area contributed by atoms with Crippen molar-refractivity contribution in [1.82, 2.24) is 29.9 Å². The number of nitrogens with zero attached hydrogens (tertiary/aromatic N) is 6. The first kappa shape index (κ1) is 33.2. The van der Waals surface area contributed by atoms with Gasteiger partial charge in [-0.3, -0.25) is 34.7 Å². The van der Waals surface area contributed by atoms with Gasteiger partial charge in [0.25, 0.3) is 0 Å². The maximum Gasteiger partial charge on any atom is 0.236 e. The summed E-state index contributed by atoms with van der Waals surface area (Å²) < 4.78 is 0. The summed E-state index contributed by atoms with van der Waals surface area (Å²) >= 11 is 0. The Morgan fingerprint density at radius 2 is 0.977 bits per heavy atom. The van der Waals surface area contributed by atoms with Crippen molar-refractivity contribution >= 4 is 5.78 Å². The van der Waals surface area contributed by atoms with Crippen LogP contribution in [0.15, 0.2) is 134 Å². The van der Waals surface area contributed by atoms with E-state index in [0.717, 1.165) is 34.0 Å². The maximum atomic E-state index is 11.8. The van der Waals surface area contributed by atoms with Gasteiger partial charge >= 0.3 is 0 Å². The number of nitrogens with two attached hydrogens (primary N) is 1. The van der Waals surface area contributed by atoms with E-state index in [1.54, 1.807) is 49.3 Å². The molecule has 6 rings (SSSR count). The largest absolute Gasteiger partial charge is 0.320 e. The standard InChI is InChI=1S/C15H13N3O.2C10H8N2.Os/c1-11-4-7-17-13(9-11)14-10-12(5-8-18-14)15(19)3-2-6-16;2*1-3-7-11-9(5-1)10-6-2-4-8-12-10;/h4-5,7-10H,6,16H2,1H3;2*1-8H;. The first-order valence-corrected chi connectivity index (χ1v) is 13.4. The van der Waals surface area contributed by atoms with E-state index in [0.29, 0.717) is 11.3 Å².